The second kappa shape index (κ2) is 11.2. The van der Waals surface area contributed by atoms with Gasteiger partial charge < -0.3 is 22.9 Å². The number of thioether (sulfide) groups is 2. The number of rotatable bonds is 13. The highest BCUT2D eigenvalue weighted by molar-refractivity contribution is 7.99. The lowest BCUT2D eigenvalue weighted by Gasteiger charge is -2.25. The Labute approximate surface area is 133 Å². The third-order valence-corrected chi connectivity index (χ3v) is 6.66. The van der Waals surface area contributed by atoms with Crippen LogP contribution < -0.4 is 22.9 Å². The SMILES string of the molecule is CC(CN)(CN)CSCCCCSCC(C)(CN)CN. The van der Waals surface area contributed by atoms with Crippen molar-refractivity contribution in [3.8, 4) is 0 Å². The van der Waals surface area contributed by atoms with Gasteiger partial charge in [-0.1, -0.05) is 13.8 Å². The monoisotopic (exact) mass is 322 g/mol. The van der Waals surface area contributed by atoms with E-state index in [1.807, 2.05) is 23.5 Å². The maximum atomic E-state index is 5.75. The first-order valence-corrected chi connectivity index (χ1v) is 9.72. The molecule has 0 bridgehead atoms. The van der Waals surface area contributed by atoms with Crippen LogP contribution >= 0.6 is 23.5 Å². The molecule has 0 saturated carbocycles. The molecule has 0 aliphatic heterocycles. The molecule has 20 heavy (non-hydrogen) atoms. The molecule has 0 saturated heterocycles. The summed E-state index contributed by atoms with van der Waals surface area (Å²) in [6, 6.07) is 0. The molecule has 4 nitrogen and oxygen atoms in total. The summed E-state index contributed by atoms with van der Waals surface area (Å²) >= 11 is 3.95. The van der Waals surface area contributed by atoms with Crippen LogP contribution in [0.15, 0.2) is 0 Å². The van der Waals surface area contributed by atoms with Gasteiger partial charge in [-0.3, -0.25) is 0 Å². The van der Waals surface area contributed by atoms with Crippen LogP contribution in [0.4, 0.5) is 0 Å². The van der Waals surface area contributed by atoms with Crippen molar-refractivity contribution >= 4 is 23.5 Å². The molecule has 122 valence electrons. The van der Waals surface area contributed by atoms with Gasteiger partial charge in [-0.15, -0.1) is 0 Å². The number of hydrogen-bond donors (Lipinski definition) is 4. The highest BCUT2D eigenvalue weighted by Crippen LogP contribution is 2.22. The highest BCUT2D eigenvalue weighted by atomic mass is 32.2. The minimum Gasteiger partial charge on any atom is -0.330 e. The van der Waals surface area contributed by atoms with Crippen molar-refractivity contribution in [3.63, 3.8) is 0 Å². The normalized spacial score (nSPS) is 12.9. The molecule has 0 aromatic heterocycles. The van der Waals surface area contributed by atoms with E-state index in [1.165, 1.54) is 24.3 Å². The lowest BCUT2D eigenvalue weighted by molar-refractivity contribution is 0.402. The molecular weight excluding hydrogens is 288 g/mol. The van der Waals surface area contributed by atoms with E-state index in [-0.39, 0.29) is 10.8 Å². The summed E-state index contributed by atoms with van der Waals surface area (Å²) in [5.41, 5.74) is 23.2. The summed E-state index contributed by atoms with van der Waals surface area (Å²) in [6.07, 6.45) is 2.51. The third-order valence-electron chi connectivity index (χ3n) is 3.70. The first kappa shape index (κ1) is 20.5. The van der Waals surface area contributed by atoms with Gasteiger partial charge in [-0.05, 0) is 50.5 Å². The van der Waals surface area contributed by atoms with E-state index in [0.29, 0.717) is 26.2 Å². The Bertz CT molecular complexity index is 207. The van der Waals surface area contributed by atoms with Gasteiger partial charge >= 0.3 is 0 Å². The van der Waals surface area contributed by atoms with Gasteiger partial charge in [0.25, 0.3) is 0 Å². The van der Waals surface area contributed by atoms with Gasteiger partial charge in [0.15, 0.2) is 0 Å². The summed E-state index contributed by atoms with van der Waals surface area (Å²) in [5.74, 6) is 4.51. The molecule has 0 amide bonds. The van der Waals surface area contributed by atoms with Crippen molar-refractivity contribution in [2.75, 3.05) is 49.2 Å². The smallest absolute Gasteiger partial charge is 0.00107 e. The Kier molecular flexibility index (Phi) is 11.5. The number of nitrogens with two attached hydrogens (primary N) is 4. The average Bonchev–Trinajstić information content (AvgIpc) is 2.49. The van der Waals surface area contributed by atoms with Crippen LogP contribution in [0.2, 0.25) is 0 Å². The molecule has 8 N–H and O–H groups in total. The van der Waals surface area contributed by atoms with Gasteiger partial charge in [0.1, 0.15) is 0 Å². The standard InChI is InChI=1S/C14H34N4S2/c1-13(7-15,8-16)11-19-5-3-4-6-20-12-14(2,9-17)10-18/h3-12,15-18H2,1-2H3. The maximum absolute atomic E-state index is 5.75. The van der Waals surface area contributed by atoms with Crippen molar-refractivity contribution in [1.82, 2.24) is 0 Å². The molecule has 0 fully saturated rings. The van der Waals surface area contributed by atoms with Crippen LogP contribution in [0.25, 0.3) is 0 Å². The lowest BCUT2D eigenvalue weighted by atomic mass is 9.94. The highest BCUT2D eigenvalue weighted by Gasteiger charge is 2.20. The van der Waals surface area contributed by atoms with Crippen molar-refractivity contribution in [3.05, 3.63) is 0 Å². The van der Waals surface area contributed by atoms with E-state index in [1.54, 1.807) is 0 Å². The predicted molar refractivity (Wildman–Crippen MR) is 96.3 cm³/mol. The quantitative estimate of drug-likeness (QED) is 0.378. The van der Waals surface area contributed by atoms with Crippen molar-refractivity contribution in [2.45, 2.75) is 26.7 Å². The molecular formula is C14H34N4S2. The van der Waals surface area contributed by atoms with Crippen molar-refractivity contribution < 1.29 is 0 Å². The fourth-order valence-corrected chi connectivity index (χ4v) is 4.01. The number of unbranched alkanes of at least 4 members (excludes halogenated alkanes) is 1. The zero-order valence-corrected chi connectivity index (χ0v) is 14.8. The van der Waals surface area contributed by atoms with Crippen LogP contribution in [0.3, 0.4) is 0 Å². The summed E-state index contributed by atoms with van der Waals surface area (Å²) in [5, 5.41) is 0. The molecule has 0 unspecified atom stereocenters. The Hall–Kier alpha value is 0.540. The molecule has 0 atom stereocenters. The Morgan fingerprint density at radius 3 is 1.20 bits per heavy atom. The molecule has 0 aliphatic carbocycles. The summed E-state index contributed by atoms with van der Waals surface area (Å²) in [6.45, 7) is 7.01. The van der Waals surface area contributed by atoms with Crippen LogP contribution in [0, 0.1) is 10.8 Å². The Morgan fingerprint density at radius 2 is 0.950 bits per heavy atom. The summed E-state index contributed by atoms with van der Waals surface area (Å²) in [7, 11) is 0. The van der Waals surface area contributed by atoms with E-state index in [2.05, 4.69) is 13.8 Å². The van der Waals surface area contributed by atoms with E-state index in [9.17, 15) is 0 Å². The average molecular weight is 323 g/mol. The number of hydrogen-bond acceptors (Lipinski definition) is 6. The molecule has 0 spiro atoms. The first-order valence-electron chi connectivity index (χ1n) is 7.41. The van der Waals surface area contributed by atoms with Crippen molar-refractivity contribution in [1.29, 1.82) is 0 Å². The second-order valence-corrected chi connectivity index (χ2v) is 8.46. The van der Waals surface area contributed by atoms with E-state index < -0.39 is 0 Å². The van der Waals surface area contributed by atoms with Crippen LogP contribution in [-0.2, 0) is 0 Å². The summed E-state index contributed by atoms with van der Waals surface area (Å²) in [4.78, 5) is 0. The second-order valence-electron chi connectivity index (χ2n) is 6.25. The molecule has 0 radical (unpaired) electrons. The fraction of sp³-hybridized carbons (Fsp3) is 1.00. The summed E-state index contributed by atoms with van der Waals surface area (Å²) < 4.78 is 0. The van der Waals surface area contributed by atoms with Gasteiger partial charge in [0.2, 0.25) is 0 Å². The van der Waals surface area contributed by atoms with Crippen LogP contribution in [0.1, 0.15) is 26.7 Å². The zero-order valence-electron chi connectivity index (χ0n) is 13.2. The third kappa shape index (κ3) is 8.74. The van der Waals surface area contributed by atoms with Crippen molar-refractivity contribution in [2.24, 2.45) is 33.8 Å². The minimum absolute atomic E-state index is 0.101. The van der Waals surface area contributed by atoms with E-state index in [0.717, 1.165) is 11.5 Å². The zero-order chi connectivity index (χ0) is 15.5. The minimum atomic E-state index is 0.101. The predicted octanol–water partition coefficient (Wildman–Crippen LogP) is 1.08. The largest absolute Gasteiger partial charge is 0.330 e. The topological polar surface area (TPSA) is 104 Å². The molecule has 0 heterocycles. The molecule has 0 aromatic carbocycles. The molecule has 0 aromatic rings. The van der Waals surface area contributed by atoms with Gasteiger partial charge in [0, 0.05) is 22.3 Å². The Balaban J connectivity index is 3.50. The lowest BCUT2D eigenvalue weighted by Crippen LogP contribution is -2.37. The first-order chi connectivity index (χ1) is 9.45. The van der Waals surface area contributed by atoms with E-state index in [4.69, 9.17) is 22.9 Å². The molecule has 6 heteroatoms. The van der Waals surface area contributed by atoms with Crippen LogP contribution in [0.5, 0.6) is 0 Å². The Morgan fingerprint density at radius 1 is 0.650 bits per heavy atom. The fourth-order valence-electron chi connectivity index (χ4n) is 1.45. The van der Waals surface area contributed by atoms with Gasteiger partial charge in [0.05, 0.1) is 0 Å². The maximum Gasteiger partial charge on any atom is 0.00107 e. The van der Waals surface area contributed by atoms with Gasteiger partial charge in [-0.2, -0.15) is 23.5 Å². The van der Waals surface area contributed by atoms with Crippen LogP contribution in [-0.4, -0.2) is 49.2 Å². The van der Waals surface area contributed by atoms with E-state index >= 15 is 0 Å². The molecule has 0 aliphatic rings. The molecule has 0 rings (SSSR count). The van der Waals surface area contributed by atoms with Gasteiger partial charge in [-0.25, -0.2) is 0 Å².